The van der Waals surface area contributed by atoms with E-state index in [9.17, 15) is 4.79 Å². The Balaban J connectivity index is 0.00000256. The molecule has 0 spiro atoms. The van der Waals surface area contributed by atoms with Gasteiger partial charge in [-0.2, -0.15) is 0 Å². The molecule has 1 heterocycles. The van der Waals surface area contributed by atoms with E-state index in [-0.39, 0.29) is 36.3 Å². The monoisotopic (exact) mass is 352 g/mol. The van der Waals surface area contributed by atoms with Crippen molar-refractivity contribution in [2.75, 3.05) is 6.54 Å². The van der Waals surface area contributed by atoms with Gasteiger partial charge in [0, 0.05) is 6.54 Å². The lowest BCUT2D eigenvalue weighted by atomic mass is 10.4. The second-order valence-electron chi connectivity index (χ2n) is 3.26. The second-order valence-corrected chi connectivity index (χ2v) is 3.26. The number of halogens is 1. The smallest absolute Gasteiger partial charge is 0.284 e. The molecule has 0 unspecified atom stereocenters. The predicted molar refractivity (Wildman–Crippen MR) is 76.3 cm³/mol. The molecule has 0 saturated carbocycles. The highest BCUT2D eigenvalue weighted by molar-refractivity contribution is 14.0. The Morgan fingerprint density at radius 1 is 1.47 bits per heavy atom. The highest BCUT2D eigenvalue weighted by Crippen LogP contribution is 2.07. The van der Waals surface area contributed by atoms with Gasteiger partial charge in [0.2, 0.25) is 0 Å². The molecule has 0 fully saturated rings. The molecule has 7 heteroatoms. The molecule has 1 rings (SSSR count). The molecular weight excluding hydrogens is 335 g/mol. The molecule has 0 atom stereocenters. The third kappa shape index (κ3) is 5.57. The van der Waals surface area contributed by atoms with Gasteiger partial charge in [-0.15, -0.1) is 24.0 Å². The number of furan rings is 1. The molecule has 0 bridgehead atoms. The van der Waals surface area contributed by atoms with Crippen LogP contribution in [0.15, 0.2) is 21.5 Å². The first-order valence-electron chi connectivity index (χ1n) is 5.05. The maximum atomic E-state index is 10.7. The van der Waals surface area contributed by atoms with Crippen molar-refractivity contribution < 1.29 is 9.21 Å². The Hall–Kier alpha value is -1.25. The van der Waals surface area contributed by atoms with E-state index in [0.717, 1.165) is 13.0 Å². The summed E-state index contributed by atoms with van der Waals surface area (Å²) in [5.74, 6) is 0.450. The number of nitrogens with one attached hydrogen (secondary N) is 1. The summed E-state index contributed by atoms with van der Waals surface area (Å²) >= 11 is 0. The van der Waals surface area contributed by atoms with Crippen molar-refractivity contribution in [1.82, 2.24) is 5.32 Å². The first-order chi connectivity index (χ1) is 7.63. The van der Waals surface area contributed by atoms with Gasteiger partial charge in [-0.25, -0.2) is 4.99 Å². The van der Waals surface area contributed by atoms with E-state index >= 15 is 0 Å². The number of carbonyl (C=O) groups is 1. The lowest BCUT2D eigenvalue weighted by molar-refractivity contribution is 0.0972. The van der Waals surface area contributed by atoms with E-state index in [1.165, 1.54) is 6.07 Å². The van der Waals surface area contributed by atoms with Gasteiger partial charge in [-0.3, -0.25) is 4.79 Å². The number of guanidine groups is 1. The zero-order valence-electron chi connectivity index (χ0n) is 9.60. The van der Waals surface area contributed by atoms with Gasteiger partial charge in [0.1, 0.15) is 12.3 Å². The maximum absolute atomic E-state index is 10.7. The van der Waals surface area contributed by atoms with Crippen molar-refractivity contribution in [3.8, 4) is 0 Å². The zero-order chi connectivity index (χ0) is 12.0. The summed E-state index contributed by atoms with van der Waals surface area (Å²) in [6, 6.07) is 3.17. The molecule has 0 radical (unpaired) electrons. The van der Waals surface area contributed by atoms with Crippen LogP contribution in [0.2, 0.25) is 0 Å². The van der Waals surface area contributed by atoms with Crippen LogP contribution in [0.5, 0.6) is 0 Å². The summed E-state index contributed by atoms with van der Waals surface area (Å²) in [6.45, 7) is 3.10. The Bertz CT molecular complexity index is 389. The third-order valence-corrected chi connectivity index (χ3v) is 1.87. The van der Waals surface area contributed by atoms with E-state index < -0.39 is 5.91 Å². The van der Waals surface area contributed by atoms with Gasteiger partial charge >= 0.3 is 0 Å². The average molecular weight is 352 g/mol. The predicted octanol–water partition coefficient (Wildman–Crippen LogP) is 0.811. The van der Waals surface area contributed by atoms with Crippen molar-refractivity contribution in [2.24, 2.45) is 16.5 Å². The van der Waals surface area contributed by atoms with Gasteiger partial charge in [0.25, 0.3) is 5.91 Å². The van der Waals surface area contributed by atoms with Gasteiger partial charge < -0.3 is 21.2 Å². The lowest BCUT2D eigenvalue weighted by Crippen LogP contribution is -2.32. The summed E-state index contributed by atoms with van der Waals surface area (Å²) in [6.07, 6.45) is 0.975. The molecule has 6 nitrogen and oxygen atoms in total. The van der Waals surface area contributed by atoms with Crippen LogP contribution < -0.4 is 16.8 Å². The fraction of sp³-hybridized carbons (Fsp3) is 0.400. The summed E-state index contributed by atoms with van der Waals surface area (Å²) in [4.78, 5) is 14.8. The highest BCUT2D eigenvalue weighted by Gasteiger charge is 2.06. The molecule has 0 aromatic carbocycles. The molecule has 1 aromatic rings. The van der Waals surface area contributed by atoms with E-state index in [0.29, 0.717) is 11.7 Å². The number of carbonyl (C=O) groups excluding carboxylic acids is 1. The minimum absolute atomic E-state index is 0. The number of rotatable bonds is 5. The number of aliphatic imine (C=N–C) groups is 1. The zero-order valence-corrected chi connectivity index (χ0v) is 11.9. The Kier molecular flexibility index (Phi) is 7.35. The number of primary amides is 1. The molecule has 0 aliphatic carbocycles. The Morgan fingerprint density at radius 2 is 2.18 bits per heavy atom. The standard InChI is InChI=1S/C10H16N4O2.HI/c1-2-5-13-10(12)14-6-7-3-4-8(16-7)9(11)15;/h3-4H,2,5-6H2,1H3,(H2,11,15)(H3,12,13,14);1H. The van der Waals surface area contributed by atoms with E-state index in [2.05, 4.69) is 10.3 Å². The van der Waals surface area contributed by atoms with Crippen molar-refractivity contribution >= 4 is 35.8 Å². The van der Waals surface area contributed by atoms with Crippen LogP contribution in [0.4, 0.5) is 0 Å². The molecule has 96 valence electrons. The van der Waals surface area contributed by atoms with Crippen molar-refractivity contribution in [3.05, 3.63) is 23.7 Å². The number of amides is 1. The van der Waals surface area contributed by atoms with Crippen LogP contribution in [-0.2, 0) is 6.54 Å². The summed E-state index contributed by atoms with van der Waals surface area (Å²) in [5.41, 5.74) is 10.6. The lowest BCUT2D eigenvalue weighted by Gasteiger charge is -2.01. The van der Waals surface area contributed by atoms with Crippen LogP contribution in [-0.4, -0.2) is 18.4 Å². The molecule has 5 N–H and O–H groups in total. The topological polar surface area (TPSA) is 107 Å². The number of hydrogen-bond donors (Lipinski definition) is 3. The minimum atomic E-state index is -0.590. The summed E-state index contributed by atoms with van der Waals surface area (Å²) in [7, 11) is 0. The number of hydrogen-bond acceptors (Lipinski definition) is 3. The molecular formula is C10H17IN4O2. The molecule has 1 aromatic heterocycles. The minimum Gasteiger partial charge on any atom is -0.454 e. The van der Waals surface area contributed by atoms with Crippen LogP contribution in [0.3, 0.4) is 0 Å². The second kappa shape index (κ2) is 7.93. The maximum Gasteiger partial charge on any atom is 0.284 e. The quantitative estimate of drug-likeness (QED) is 0.414. The van der Waals surface area contributed by atoms with Crippen molar-refractivity contribution in [2.45, 2.75) is 19.9 Å². The first kappa shape index (κ1) is 15.8. The molecule has 17 heavy (non-hydrogen) atoms. The highest BCUT2D eigenvalue weighted by atomic mass is 127. The van der Waals surface area contributed by atoms with E-state index in [1.54, 1.807) is 6.07 Å². The van der Waals surface area contributed by atoms with Gasteiger partial charge in [0.05, 0.1) is 0 Å². The normalized spacial score (nSPS) is 10.8. The number of nitrogens with zero attached hydrogens (tertiary/aromatic N) is 1. The Labute approximate surface area is 117 Å². The van der Waals surface area contributed by atoms with Crippen LogP contribution in [0, 0.1) is 0 Å². The SMILES string of the molecule is CCCNC(N)=NCc1ccc(C(N)=O)o1.I. The molecule has 0 aliphatic heterocycles. The molecule has 0 aliphatic rings. The van der Waals surface area contributed by atoms with Crippen molar-refractivity contribution in [3.63, 3.8) is 0 Å². The van der Waals surface area contributed by atoms with Gasteiger partial charge in [-0.05, 0) is 18.6 Å². The summed E-state index contributed by atoms with van der Waals surface area (Å²) < 4.78 is 5.13. The first-order valence-corrected chi connectivity index (χ1v) is 5.05. The third-order valence-electron chi connectivity index (χ3n) is 1.87. The fourth-order valence-electron chi connectivity index (χ4n) is 1.07. The fourth-order valence-corrected chi connectivity index (χ4v) is 1.07. The van der Waals surface area contributed by atoms with Crippen LogP contribution in [0.1, 0.15) is 29.7 Å². The van der Waals surface area contributed by atoms with Gasteiger partial charge in [0.15, 0.2) is 11.7 Å². The molecule has 1 amide bonds. The largest absolute Gasteiger partial charge is 0.454 e. The van der Waals surface area contributed by atoms with Gasteiger partial charge in [-0.1, -0.05) is 6.92 Å². The Morgan fingerprint density at radius 3 is 2.71 bits per heavy atom. The van der Waals surface area contributed by atoms with E-state index in [1.807, 2.05) is 6.92 Å². The summed E-state index contributed by atoms with van der Waals surface area (Å²) in [5, 5.41) is 2.93. The van der Waals surface area contributed by atoms with Crippen LogP contribution in [0.25, 0.3) is 0 Å². The molecule has 0 saturated heterocycles. The average Bonchev–Trinajstić information content (AvgIpc) is 2.72. The van der Waals surface area contributed by atoms with Crippen LogP contribution >= 0.6 is 24.0 Å². The number of nitrogens with two attached hydrogens (primary N) is 2. The van der Waals surface area contributed by atoms with E-state index in [4.69, 9.17) is 15.9 Å². The van der Waals surface area contributed by atoms with Crippen molar-refractivity contribution in [1.29, 1.82) is 0 Å².